The molecule has 0 spiro atoms. The predicted molar refractivity (Wildman–Crippen MR) is 58.2 cm³/mol. The Bertz CT molecular complexity index is 334. The van der Waals surface area contributed by atoms with Crippen molar-refractivity contribution in [2.45, 2.75) is 45.2 Å². The van der Waals surface area contributed by atoms with E-state index < -0.39 is 5.54 Å². The number of H-pyrrole nitrogens is 1. The van der Waals surface area contributed by atoms with Gasteiger partial charge >= 0.3 is 0 Å². The van der Waals surface area contributed by atoms with Gasteiger partial charge in [-0.05, 0) is 20.3 Å². The number of hydrogen-bond acceptors (Lipinski definition) is 5. The molecule has 0 aliphatic rings. The number of rotatable bonds is 5. The molecule has 1 aromatic heterocycles. The van der Waals surface area contributed by atoms with Crippen LogP contribution in [0.3, 0.4) is 0 Å². The van der Waals surface area contributed by atoms with Gasteiger partial charge in [-0.1, -0.05) is 18.6 Å². The number of aromatic amines is 1. The second kappa shape index (κ2) is 5.02. The Labute approximate surface area is 94.2 Å². The molecule has 4 N–H and O–H groups in total. The maximum atomic E-state index is 11.8. The number of nitrogens with one attached hydrogen (secondary N) is 2. The van der Waals surface area contributed by atoms with E-state index in [1.54, 1.807) is 13.8 Å². The molecule has 0 saturated carbocycles. The van der Waals surface area contributed by atoms with Crippen LogP contribution in [0.4, 0.5) is 0 Å². The summed E-state index contributed by atoms with van der Waals surface area (Å²) in [6, 6.07) is -0.300. The molecule has 7 heteroatoms. The third-order valence-corrected chi connectivity index (χ3v) is 2.38. The summed E-state index contributed by atoms with van der Waals surface area (Å²) in [6.07, 6.45) is 1.49. The van der Waals surface area contributed by atoms with E-state index in [1.165, 1.54) is 0 Å². The first-order valence-corrected chi connectivity index (χ1v) is 5.30. The molecule has 0 aliphatic heterocycles. The van der Waals surface area contributed by atoms with Crippen LogP contribution in [0.2, 0.25) is 0 Å². The van der Waals surface area contributed by atoms with E-state index in [-0.39, 0.29) is 11.9 Å². The van der Waals surface area contributed by atoms with Crippen LogP contribution in [0.5, 0.6) is 0 Å². The van der Waals surface area contributed by atoms with Gasteiger partial charge in [-0.2, -0.15) is 5.21 Å². The fourth-order valence-electron chi connectivity index (χ4n) is 1.41. The molecule has 0 radical (unpaired) electrons. The first-order valence-electron chi connectivity index (χ1n) is 5.30. The fourth-order valence-corrected chi connectivity index (χ4v) is 1.41. The van der Waals surface area contributed by atoms with Gasteiger partial charge in [-0.25, -0.2) is 0 Å². The molecule has 1 rings (SSSR count). The molecule has 0 fully saturated rings. The maximum absolute atomic E-state index is 11.8. The molecule has 1 amide bonds. The van der Waals surface area contributed by atoms with Gasteiger partial charge in [0.15, 0.2) is 5.82 Å². The van der Waals surface area contributed by atoms with Crippen molar-refractivity contribution < 1.29 is 4.79 Å². The molecule has 1 heterocycles. The monoisotopic (exact) mass is 226 g/mol. The molecule has 0 bridgehead atoms. The van der Waals surface area contributed by atoms with Crippen LogP contribution in [0.15, 0.2) is 0 Å². The number of carbonyl (C=O) groups is 1. The van der Waals surface area contributed by atoms with E-state index in [2.05, 4.69) is 25.9 Å². The number of tetrazole rings is 1. The first-order chi connectivity index (χ1) is 7.47. The smallest absolute Gasteiger partial charge is 0.240 e. The van der Waals surface area contributed by atoms with Crippen molar-refractivity contribution in [3.63, 3.8) is 0 Å². The van der Waals surface area contributed by atoms with Crippen LogP contribution in [0.25, 0.3) is 0 Å². The lowest BCUT2D eigenvalue weighted by atomic mass is 9.96. The van der Waals surface area contributed by atoms with Gasteiger partial charge in [0.05, 0.1) is 11.6 Å². The summed E-state index contributed by atoms with van der Waals surface area (Å²) < 4.78 is 0. The molecular weight excluding hydrogens is 208 g/mol. The Hall–Kier alpha value is -1.50. The highest BCUT2D eigenvalue weighted by Gasteiger charge is 2.28. The lowest BCUT2D eigenvalue weighted by Gasteiger charge is -2.24. The van der Waals surface area contributed by atoms with Gasteiger partial charge in [0.25, 0.3) is 0 Å². The molecule has 2 unspecified atom stereocenters. The Kier molecular flexibility index (Phi) is 3.94. The predicted octanol–water partition coefficient (Wildman–Crippen LogP) is -0.106. The van der Waals surface area contributed by atoms with Crippen LogP contribution in [-0.2, 0) is 4.79 Å². The third kappa shape index (κ3) is 2.99. The fraction of sp³-hybridized carbons (Fsp3) is 0.778. The largest absolute Gasteiger partial charge is 0.345 e. The van der Waals surface area contributed by atoms with E-state index in [0.717, 1.165) is 6.42 Å². The number of nitrogens with two attached hydrogens (primary N) is 1. The van der Waals surface area contributed by atoms with Crippen LogP contribution >= 0.6 is 0 Å². The standard InChI is InChI=1S/C9H18N6O/c1-4-5-9(3,10)8(16)11-6(2)7-12-14-15-13-7/h6H,4-5,10H2,1-3H3,(H,11,16)(H,12,13,14,15). The Morgan fingerprint density at radius 1 is 1.69 bits per heavy atom. The van der Waals surface area contributed by atoms with Gasteiger partial charge in [0.2, 0.25) is 5.91 Å². The molecule has 16 heavy (non-hydrogen) atoms. The van der Waals surface area contributed by atoms with Gasteiger partial charge < -0.3 is 11.1 Å². The van der Waals surface area contributed by atoms with Gasteiger partial charge in [-0.15, -0.1) is 10.2 Å². The van der Waals surface area contributed by atoms with Crippen molar-refractivity contribution in [3.05, 3.63) is 5.82 Å². The number of aromatic nitrogens is 4. The van der Waals surface area contributed by atoms with Crippen molar-refractivity contribution in [3.8, 4) is 0 Å². The van der Waals surface area contributed by atoms with Gasteiger partial charge in [0.1, 0.15) is 0 Å². The molecule has 0 saturated heterocycles. The third-order valence-electron chi connectivity index (χ3n) is 2.38. The molecule has 1 aromatic rings. The average molecular weight is 226 g/mol. The summed E-state index contributed by atoms with van der Waals surface area (Å²) in [5.74, 6) is 0.243. The summed E-state index contributed by atoms with van der Waals surface area (Å²) in [5.41, 5.74) is 5.04. The topological polar surface area (TPSA) is 110 Å². The second-order valence-electron chi connectivity index (χ2n) is 4.13. The van der Waals surface area contributed by atoms with E-state index >= 15 is 0 Å². The number of carbonyl (C=O) groups excluding carboxylic acids is 1. The van der Waals surface area contributed by atoms with E-state index in [9.17, 15) is 4.79 Å². The Balaban J connectivity index is 2.57. The Morgan fingerprint density at radius 3 is 2.88 bits per heavy atom. The quantitative estimate of drug-likeness (QED) is 0.649. The van der Waals surface area contributed by atoms with E-state index in [4.69, 9.17) is 5.73 Å². The van der Waals surface area contributed by atoms with Gasteiger partial charge in [-0.3, -0.25) is 4.79 Å². The summed E-state index contributed by atoms with van der Waals surface area (Å²) in [6.45, 7) is 5.49. The molecular formula is C9H18N6O. The Morgan fingerprint density at radius 2 is 2.38 bits per heavy atom. The highest BCUT2D eigenvalue weighted by atomic mass is 16.2. The summed E-state index contributed by atoms with van der Waals surface area (Å²) in [5, 5.41) is 16.1. The normalized spacial score (nSPS) is 16.5. The zero-order valence-corrected chi connectivity index (χ0v) is 9.82. The van der Waals surface area contributed by atoms with Crippen LogP contribution in [-0.4, -0.2) is 32.1 Å². The summed E-state index contributed by atoms with van der Waals surface area (Å²) >= 11 is 0. The zero-order chi connectivity index (χ0) is 12.2. The molecule has 0 aliphatic carbocycles. The van der Waals surface area contributed by atoms with Crippen LogP contribution in [0, 0.1) is 0 Å². The number of hydrogen-bond donors (Lipinski definition) is 3. The molecule has 90 valence electrons. The lowest BCUT2D eigenvalue weighted by Crippen LogP contribution is -2.52. The highest BCUT2D eigenvalue weighted by molar-refractivity contribution is 5.85. The highest BCUT2D eigenvalue weighted by Crippen LogP contribution is 2.11. The SMILES string of the molecule is CCCC(C)(N)C(=O)NC(C)c1nn[nH]n1. The van der Waals surface area contributed by atoms with Crippen molar-refractivity contribution in [1.29, 1.82) is 0 Å². The second-order valence-corrected chi connectivity index (χ2v) is 4.13. The van der Waals surface area contributed by atoms with Crippen molar-refractivity contribution >= 4 is 5.91 Å². The van der Waals surface area contributed by atoms with Crippen LogP contribution < -0.4 is 11.1 Å². The number of amides is 1. The van der Waals surface area contributed by atoms with Gasteiger partial charge in [0, 0.05) is 0 Å². The lowest BCUT2D eigenvalue weighted by molar-refractivity contribution is -0.126. The minimum Gasteiger partial charge on any atom is -0.345 e. The molecule has 7 nitrogen and oxygen atoms in total. The van der Waals surface area contributed by atoms with Crippen LogP contribution in [0.1, 0.15) is 45.5 Å². The minimum atomic E-state index is -0.854. The minimum absolute atomic E-state index is 0.202. The maximum Gasteiger partial charge on any atom is 0.240 e. The summed E-state index contributed by atoms with van der Waals surface area (Å²) in [7, 11) is 0. The van der Waals surface area contributed by atoms with Crippen molar-refractivity contribution in [2.24, 2.45) is 5.73 Å². The van der Waals surface area contributed by atoms with E-state index in [1.807, 2.05) is 6.92 Å². The van der Waals surface area contributed by atoms with E-state index in [0.29, 0.717) is 12.2 Å². The molecule has 0 aromatic carbocycles. The first kappa shape index (κ1) is 12.6. The average Bonchev–Trinajstić information content (AvgIpc) is 2.70. The van der Waals surface area contributed by atoms with Crippen molar-refractivity contribution in [2.75, 3.05) is 0 Å². The molecule has 2 atom stereocenters. The zero-order valence-electron chi connectivity index (χ0n) is 9.82. The summed E-state index contributed by atoms with van der Waals surface area (Å²) in [4.78, 5) is 11.8. The number of nitrogens with zero attached hydrogens (tertiary/aromatic N) is 3. The van der Waals surface area contributed by atoms with Crippen molar-refractivity contribution in [1.82, 2.24) is 25.9 Å².